The van der Waals surface area contributed by atoms with Crippen LogP contribution in [-0.2, 0) is 0 Å². The Hall–Kier alpha value is -0.890. The summed E-state index contributed by atoms with van der Waals surface area (Å²) in [6.07, 6.45) is 8.67. The fourth-order valence-corrected chi connectivity index (χ4v) is 3.32. The lowest BCUT2D eigenvalue weighted by atomic mass is 9.84. The van der Waals surface area contributed by atoms with Crippen LogP contribution in [0.25, 0.3) is 0 Å². The lowest BCUT2D eigenvalue weighted by molar-refractivity contribution is 0.166. The van der Waals surface area contributed by atoms with Crippen molar-refractivity contribution in [2.24, 2.45) is 29.6 Å². The van der Waals surface area contributed by atoms with Crippen molar-refractivity contribution in [3.63, 3.8) is 0 Å². The highest BCUT2D eigenvalue weighted by Crippen LogP contribution is 2.30. The number of rotatable bonds is 15. The standard InChI is InChI=1S/C26H47FO/c1-10-18(2)11-12-21(5)23(7)17-26(27)25(9)22(6)14-13-19(3)20(4)15-16-24(8)28/h17-22,24,28H,7,9-16H2,1-6,8H3/b26-17+. The van der Waals surface area contributed by atoms with Gasteiger partial charge in [-0.15, -0.1) is 0 Å². The van der Waals surface area contributed by atoms with Crippen molar-refractivity contribution in [1.82, 2.24) is 0 Å². The Kier molecular flexibility index (Phi) is 13.7. The molecular weight excluding hydrogens is 347 g/mol. The normalized spacial score (nSPS) is 18.8. The third-order valence-electron chi connectivity index (χ3n) is 6.70. The van der Waals surface area contributed by atoms with Crippen molar-refractivity contribution in [3.8, 4) is 0 Å². The van der Waals surface area contributed by atoms with Gasteiger partial charge in [-0.05, 0) is 85.8 Å². The smallest absolute Gasteiger partial charge is 0.126 e. The molecule has 0 aromatic carbocycles. The van der Waals surface area contributed by atoms with E-state index in [9.17, 15) is 9.50 Å². The van der Waals surface area contributed by atoms with Gasteiger partial charge >= 0.3 is 0 Å². The van der Waals surface area contributed by atoms with Crippen LogP contribution in [0, 0.1) is 29.6 Å². The number of allylic oxidation sites excluding steroid dienone is 4. The molecule has 0 saturated carbocycles. The molecule has 0 saturated heterocycles. The molecule has 0 aromatic heterocycles. The van der Waals surface area contributed by atoms with Crippen LogP contribution in [-0.4, -0.2) is 11.2 Å². The summed E-state index contributed by atoms with van der Waals surface area (Å²) in [5.41, 5.74) is 1.47. The monoisotopic (exact) mass is 394 g/mol. The van der Waals surface area contributed by atoms with E-state index in [0.29, 0.717) is 29.2 Å². The van der Waals surface area contributed by atoms with Gasteiger partial charge in [0.1, 0.15) is 5.83 Å². The number of aliphatic hydroxyl groups excluding tert-OH is 1. The SMILES string of the molecule is C=C(/C=C(/F)C(=C)C(C)CCC(C)C(C)CCC(C)O)C(C)CCC(C)CC. The van der Waals surface area contributed by atoms with E-state index in [0.717, 1.165) is 44.1 Å². The van der Waals surface area contributed by atoms with Crippen molar-refractivity contribution in [2.45, 2.75) is 99.5 Å². The lowest BCUT2D eigenvalue weighted by Gasteiger charge is -2.23. The first kappa shape index (κ1) is 27.1. The van der Waals surface area contributed by atoms with Gasteiger partial charge in [0.25, 0.3) is 0 Å². The molecule has 0 aliphatic rings. The van der Waals surface area contributed by atoms with Crippen LogP contribution in [0.4, 0.5) is 4.39 Å². The largest absolute Gasteiger partial charge is 0.393 e. The molecule has 0 radical (unpaired) electrons. The summed E-state index contributed by atoms with van der Waals surface area (Å²) in [5.74, 6) is 2.08. The van der Waals surface area contributed by atoms with Crippen LogP contribution in [0.5, 0.6) is 0 Å². The zero-order valence-corrected chi connectivity index (χ0v) is 19.7. The van der Waals surface area contributed by atoms with Crippen LogP contribution in [0.2, 0.25) is 0 Å². The molecule has 0 aromatic rings. The molecule has 0 aliphatic heterocycles. The van der Waals surface area contributed by atoms with E-state index >= 15 is 0 Å². The summed E-state index contributed by atoms with van der Waals surface area (Å²) in [6.45, 7) is 23.1. The number of hydrogen-bond donors (Lipinski definition) is 1. The summed E-state index contributed by atoms with van der Waals surface area (Å²) in [6, 6.07) is 0. The molecule has 28 heavy (non-hydrogen) atoms. The van der Waals surface area contributed by atoms with Gasteiger partial charge in [0.15, 0.2) is 0 Å². The molecular formula is C26H47FO. The zero-order chi connectivity index (χ0) is 21.9. The Morgan fingerprint density at radius 1 is 0.821 bits per heavy atom. The van der Waals surface area contributed by atoms with Gasteiger partial charge in [-0.25, -0.2) is 4.39 Å². The minimum atomic E-state index is -0.228. The first-order chi connectivity index (χ1) is 13.0. The highest BCUT2D eigenvalue weighted by atomic mass is 19.1. The number of halogens is 1. The molecule has 2 heteroatoms. The fourth-order valence-electron chi connectivity index (χ4n) is 3.32. The summed E-state index contributed by atoms with van der Waals surface area (Å²) in [5, 5.41) is 9.45. The summed E-state index contributed by atoms with van der Waals surface area (Å²) in [4.78, 5) is 0. The van der Waals surface area contributed by atoms with Crippen molar-refractivity contribution < 1.29 is 9.50 Å². The third-order valence-corrected chi connectivity index (χ3v) is 6.70. The Morgan fingerprint density at radius 2 is 1.32 bits per heavy atom. The van der Waals surface area contributed by atoms with Gasteiger partial charge in [-0.2, -0.15) is 0 Å². The van der Waals surface area contributed by atoms with E-state index in [4.69, 9.17) is 0 Å². The van der Waals surface area contributed by atoms with Gasteiger partial charge in [0.2, 0.25) is 0 Å². The average molecular weight is 395 g/mol. The molecule has 0 aliphatic carbocycles. The number of aliphatic hydroxyl groups is 1. The summed E-state index contributed by atoms with van der Waals surface area (Å²) < 4.78 is 14.7. The molecule has 1 N–H and O–H groups in total. The molecule has 0 rings (SSSR count). The van der Waals surface area contributed by atoms with E-state index in [1.165, 1.54) is 6.42 Å². The minimum absolute atomic E-state index is 0.130. The molecule has 6 atom stereocenters. The van der Waals surface area contributed by atoms with Gasteiger partial charge < -0.3 is 5.11 Å². The van der Waals surface area contributed by atoms with Crippen LogP contribution in [0.1, 0.15) is 93.4 Å². The molecule has 0 spiro atoms. The van der Waals surface area contributed by atoms with Gasteiger partial charge in [-0.1, -0.05) is 67.5 Å². The quantitative estimate of drug-likeness (QED) is 0.277. The zero-order valence-electron chi connectivity index (χ0n) is 19.7. The molecule has 164 valence electrons. The van der Waals surface area contributed by atoms with E-state index in [2.05, 4.69) is 54.7 Å². The molecule has 1 nitrogen and oxygen atoms in total. The average Bonchev–Trinajstić information content (AvgIpc) is 2.66. The highest BCUT2D eigenvalue weighted by Gasteiger charge is 2.18. The van der Waals surface area contributed by atoms with Gasteiger partial charge in [0, 0.05) is 0 Å². The predicted octanol–water partition coefficient (Wildman–Crippen LogP) is 8.26. The second-order valence-corrected chi connectivity index (χ2v) is 9.44. The topological polar surface area (TPSA) is 20.2 Å². The van der Waals surface area contributed by atoms with Crippen molar-refractivity contribution in [1.29, 1.82) is 0 Å². The minimum Gasteiger partial charge on any atom is -0.393 e. The molecule has 0 amide bonds. The van der Waals surface area contributed by atoms with E-state index in [1.54, 1.807) is 6.08 Å². The maximum atomic E-state index is 14.7. The predicted molar refractivity (Wildman–Crippen MR) is 123 cm³/mol. The molecule has 6 unspecified atom stereocenters. The maximum Gasteiger partial charge on any atom is 0.126 e. The van der Waals surface area contributed by atoms with E-state index in [-0.39, 0.29) is 17.8 Å². The van der Waals surface area contributed by atoms with Crippen LogP contribution < -0.4 is 0 Å². The Bertz CT molecular complexity index is 491. The number of hydrogen-bond acceptors (Lipinski definition) is 1. The molecule has 0 fully saturated rings. The Labute approximate surface area is 175 Å². The Balaban J connectivity index is 4.51. The van der Waals surface area contributed by atoms with Crippen molar-refractivity contribution in [2.75, 3.05) is 0 Å². The summed E-state index contributed by atoms with van der Waals surface area (Å²) in [7, 11) is 0. The highest BCUT2D eigenvalue weighted by molar-refractivity contribution is 5.32. The van der Waals surface area contributed by atoms with Crippen LogP contribution in [0.15, 0.2) is 36.2 Å². The van der Waals surface area contributed by atoms with Gasteiger partial charge in [0.05, 0.1) is 6.10 Å². The first-order valence-corrected chi connectivity index (χ1v) is 11.4. The maximum absolute atomic E-state index is 14.7. The van der Waals surface area contributed by atoms with Crippen LogP contribution in [0.3, 0.4) is 0 Å². The van der Waals surface area contributed by atoms with Crippen LogP contribution >= 0.6 is 0 Å². The fraction of sp³-hybridized carbons (Fsp3) is 0.769. The second kappa shape index (κ2) is 14.1. The van der Waals surface area contributed by atoms with E-state index in [1.807, 2.05) is 6.92 Å². The van der Waals surface area contributed by atoms with E-state index < -0.39 is 0 Å². The van der Waals surface area contributed by atoms with Crippen molar-refractivity contribution >= 4 is 0 Å². The molecule has 0 heterocycles. The molecule has 0 bridgehead atoms. The Morgan fingerprint density at radius 3 is 1.82 bits per heavy atom. The van der Waals surface area contributed by atoms with Crippen molar-refractivity contribution in [3.05, 3.63) is 36.2 Å². The lowest BCUT2D eigenvalue weighted by Crippen LogP contribution is -2.13. The summed E-state index contributed by atoms with van der Waals surface area (Å²) >= 11 is 0. The second-order valence-electron chi connectivity index (χ2n) is 9.44. The van der Waals surface area contributed by atoms with Gasteiger partial charge in [-0.3, -0.25) is 0 Å². The first-order valence-electron chi connectivity index (χ1n) is 11.4. The third kappa shape index (κ3) is 11.2.